The first kappa shape index (κ1) is 10.9. The van der Waals surface area contributed by atoms with Crippen molar-refractivity contribution in [3.63, 3.8) is 0 Å². The van der Waals surface area contributed by atoms with Gasteiger partial charge in [-0.05, 0) is 49.3 Å². The first-order valence-corrected chi connectivity index (χ1v) is 6.63. The topological polar surface area (TPSA) is 3.24 Å². The van der Waals surface area contributed by atoms with Crippen LogP contribution in [0.3, 0.4) is 0 Å². The molecule has 1 heterocycles. The molecule has 0 amide bonds. The van der Waals surface area contributed by atoms with Gasteiger partial charge in [-0.25, -0.2) is 0 Å². The Labute approximate surface area is 104 Å². The highest BCUT2D eigenvalue weighted by Crippen LogP contribution is 2.34. The van der Waals surface area contributed by atoms with Crippen molar-refractivity contribution in [1.29, 1.82) is 0 Å². The van der Waals surface area contributed by atoms with Crippen LogP contribution in [0.5, 0.6) is 0 Å². The number of piperidine rings is 1. The average Bonchev–Trinajstić information content (AvgIpc) is 2.37. The van der Waals surface area contributed by atoms with Crippen LogP contribution in [0.4, 0.5) is 0 Å². The largest absolute Gasteiger partial charge is 0.289 e. The van der Waals surface area contributed by atoms with Gasteiger partial charge in [0.15, 0.2) is 0 Å². The van der Waals surface area contributed by atoms with Gasteiger partial charge in [-0.3, -0.25) is 4.90 Å². The molecule has 1 nitrogen and oxygen atoms in total. The SMILES string of the molecule is C#CCN1CCCC2Cc3ccccc3CC21. The van der Waals surface area contributed by atoms with E-state index in [0.29, 0.717) is 6.04 Å². The maximum atomic E-state index is 5.48. The van der Waals surface area contributed by atoms with Crippen molar-refractivity contribution in [2.45, 2.75) is 31.7 Å². The minimum atomic E-state index is 0.690. The van der Waals surface area contributed by atoms with E-state index in [2.05, 4.69) is 35.1 Å². The minimum absolute atomic E-state index is 0.690. The van der Waals surface area contributed by atoms with Crippen LogP contribution in [0.1, 0.15) is 24.0 Å². The molecule has 17 heavy (non-hydrogen) atoms. The third-order valence-corrected chi connectivity index (χ3v) is 4.36. The van der Waals surface area contributed by atoms with Gasteiger partial charge in [0.25, 0.3) is 0 Å². The molecule has 2 unspecified atom stereocenters. The molecule has 1 saturated heterocycles. The lowest BCUT2D eigenvalue weighted by molar-refractivity contribution is 0.0993. The van der Waals surface area contributed by atoms with Crippen molar-refractivity contribution in [2.24, 2.45) is 5.92 Å². The summed E-state index contributed by atoms with van der Waals surface area (Å²) in [4.78, 5) is 2.52. The fourth-order valence-electron chi connectivity index (χ4n) is 3.52. The van der Waals surface area contributed by atoms with Crippen molar-refractivity contribution in [3.8, 4) is 12.3 Å². The van der Waals surface area contributed by atoms with E-state index in [0.717, 1.165) is 12.5 Å². The van der Waals surface area contributed by atoms with E-state index in [4.69, 9.17) is 6.42 Å². The Hall–Kier alpha value is -1.26. The Balaban J connectivity index is 1.87. The first-order valence-electron chi connectivity index (χ1n) is 6.63. The van der Waals surface area contributed by atoms with Crippen molar-refractivity contribution >= 4 is 0 Å². The third-order valence-electron chi connectivity index (χ3n) is 4.36. The van der Waals surface area contributed by atoms with Gasteiger partial charge in [-0.1, -0.05) is 30.2 Å². The molecule has 88 valence electrons. The molecule has 1 heteroatoms. The molecule has 0 N–H and O–H groups in total. The lowest BCUT2D eigenvalue weighted by Gasteiger charge is -2.44. The summed E-state index contributed by atoms with van der Waals surface area (Å²) in [6.07, 6.45) is 10.6. The molecule has 1 aliphatic carbocycles. The first-order chi connectivity index (χ1) is 8.38. The Morgan fingerprint density at radius 2 is 2.00 bits per heavy atom. The van der Waals surface area contributed by atoms with E-state index in [1.165, 1.54) is 37.8 Å². The predicted molar refractivity (Wildman–Crippen MR) is 70.8 cm³/mol. The second-order valence-electron chi connectivity index (χ2n) is 5.32. The van der Waals surface area contributed by atoms with Crippen LogP contribution in [-0.4, -0.2) is 24.0 Å². The number of hydrogen-bond donors (Lipinski definition) is 0. The second kappa shape index (κ2) is 4.55. The van der Waals surface area contributed by atoms with E-state index in [-0.39, 0.29) is 0 Å². The van der Waals surface area contributed by atoms with Gasteiger partial charge >= 0.3 is 0 Å². The lowest BCUT2D eigenvalue weighted by Crippen LogP contribution is -2.49. The molecule has 0 radical (unpaired) electrons. The molecule has 2 atom stereocenters. The zero-order valence-electron chi connectivity index (χ0n) is 10.2. The van der Waals surface area contributed by atoms with Gasteiger partial charge in [-0.2, -0.15) is 0 Å². The summed E-state index contributed by atoms with van der Waals surface area (Å²) in [5, 5.41) is 0. The van der Waals surface area contributed by atoms with Crippen LogP contribution in [0, 0.1) is 18.3 Å². The fourth-order valence-corrected chi connectivity index (χ4v) is 3.52. The molecule has 0 saturated carbocycles. The van der Waals surface area contributed by atoms with Crippen molar-refractivity contribution in [3.05, 3.63) is 35.4 Å². The zero-order chi connectivity index (χ0) is 11.7. The summed E-state index contributed by atoms with van der Waals surface area (Å²) >= 11 is 0. The number of terminal acetylenes is 1. The van der Waals surface area contributed by atoms with E-state index in [1.54, 1.807) is 5.56 Å². The number of fused-ring (bicyclic) bond motifs is 2. The van der Waals surface area contributed by atoms with E-state index in [1.807, 2.05) is 0 Å². The molecule has 3 rings (SSSR count). The molecule has 2 aliphatic rings. The molecule has 1 aromatic rings. The second-order valence-corrected chi connectivity index (χ2v) is 5.32. The number of likely N-dealkylation sites (tertiary alicyclic amines) is 1. The number of rotatable bonds is 1. The van der Waals surface area contributed by atoms with Crippen LogP contribution in [-0.2, 0) is 12.8 Å². The Morgan fingerprint density at radius 1 is 1.24 bits per heavy atom. The highest BCUT2D eigenvalue weighted by atomic mass is 15.2. The molecule has 0 spiro atoms. The molecule has 0 aromatic heterocycles. The summed E-state index contributed by atoms with van der Waals surface area (Å²) in [5.74, 6) is 3.65. The van der Waals surface area contributed by atoms with Crippen LogP contribution >= 0.6 is 0 Å². The fraction of sp³-hybridized carbons (Fsp3) is 0.500. The summed E-state index contributed by atoms with van der Waals surface area (Å²) in [7, 11) is 0. The smallest absolute Gasteiger partial charge is 0.0601 e. The van der Waals surface area contributed by atoms with Gasteiger partial charge in [0.1, 0.15) is 0 Å². The van der Waals surface area contributed by atoms with Crippen molar-refractivity contribution in [1.82, 2.24) is 4.90 Å². The van der Waals surface area contributed by atoms with Gasteiger partial charge in [0.05, 0.1) is 6.54 Å². The summed E-state index contributed by atoms with van der Waals surface area (Å²) in [6.45, 7) is 2.01. The zero-order valence-corrected chi connectivity index (χ0v) is 10.2. The Bertz CT molecular complexity index is 443. The maximum Gasteiger partial charge on any atom is 0.0601 e. The van der Waals surface area contributed by atoms with Gasteiger partial charge < -0.3 is 0 Å². The molecule has 1 aromatic carbocycles. The standard InChI is InChI=1S/C16H19N/c1-2-9-17-10-5-8-15-11-13-6-3-4-7-14(13)12-16(15)17/h1,3-4,6-7,15-16H,5,8-12H2. The van der Waals surface area contributed by atoms with Gasteiger partial charge in [0.2, 0.25) is 0 Å². The monoisotopic (exact) mass is 225 g/mol. The van der Waals surface area contributed by atoms with Crippen molar-refractivity contribution < 1.29 is 0 Å². The van der Waals surface area contributed by atoms with Crippen LogP contribution in [0.15, 0.2) is 24.3 Å². The highest BCUT2D eigenvalue weighted by molar-refractivity contribution is 5.31. The maximum absolute atomic E-state index is 5.48. The van der Waals surface area contributed by atoms with Gasteiger partial charge in [-0.15, -0.1) is 6.42 Å². The lowest BCUT2D eigenvalue weighted by atomic mass is 9.75. The summed E-state index contributed by atoms with van der Waals surface area (Å²) in [6, 6.07) is 9.60. The quantitative estimate of drug-likeness (QED) is 0.664. The van der Waals surface area contributed by atoms with Gasteiger partial charge in [0, 0.05) is 6.04 Å². The average molecular weight is 225 g/mol. The normalized spacial score (nSPS) is 27.9. The Kier molecular flexibility index (Phi) is 2.91. The predicted octanol–water partition coefficient (Wildman–Crippen LogP) is 2.50. The molecule has 0 bridgehead atoms. The van der Waals surface area contributed by atoms with E-state index >= 15 is 0 Å². The Morgan fingerprint density at radius 3 is 2.76 bits per heavy atom. The molecule has 1 aliphatic heterocycles. The van der Waals surface area contributed by atoms with Crippen LogP contribution in [0.25, 0.3) is 0 Å². The molecule has 1 fully saturated rings. The van der Waals surface area contributed by atoms with Crippen LogP contribution in [0.2, 0.25) is 0 Å². The third kappa shape index (κ3) is 1.98. The molecular formula is C16H19N. The number of nitrogens with zero attached hydrogens (tertiary/aromatic N) is 1. The molecular weight excluding hydrogens is 206 g/mol. The van der Waals surface area contributed by atoms with E-state index < -0.39 is 0 Å². The minimum Gasteiger partial charge on any atom is -0.289 e. The van der Waals surface area contributed by atoms with E-state index in [9.17, 15) is 0 Å². The highest BCUT2D eigenvalue weighted by Gasteiger charge is 2.34. The van der Waals surface area contributed by atoms with Crippen molar-refractivity contribution in [2.75, 3.05) is 13.1 Å². The number of hydrogen-bond acceptors (Lipinski definition) is 1. The number of benzene rings is 1. The summed E-state index contributed by atoms with van der Waals surface area (Å²) < 4.78 is 0. The van der Waals surface area contributed by atoms with Crippen LogP contribution < -0.4 is 0 Å². The summed E-state index contributed by atoms with van der Waals surface area (Å²) in [5.41, 5.74) is 3.11.